The smallest absolute Gasteiger partial charge is 0.286 e. The molecule has 0 fully saturated rings. The number of pyridine rings is 1. The number of hydrogen-bond acceptors (Lipinski definition) is 1. The fraction of sp³-hybridized carbons (Fsp3) is 0.500. The molecule has 19 heavy (non-hydrogen) atoms. The minimum absolute atomic E-state index is 0.0932. The Kier molecular flexibility index (Phi) is 5.13. The molecular weight excluding hydrogens is 236 g/mol. The molecule has 1 aliphatic carbocycles. The van der Waals surface area contributed by atoms with Crippen LogP contribution < -0.4 is 9.88 Å². The van der Waals surface area contributed by atoms with Crippen molar-refractivity contribution in [2.24, 2.45) is 0 Å². The number of aryl methyl sites for hydroxylation is 1. The number of nitrogens with zero attached hydrogens (tertiary/aromatic N) is 1. The molecule has 102 valence electrons. The first kappa shape index (κ1) is 13.8. The molecule has 1 aromatic heterocycles. The monoisotopic (exact) mass is 259 g/mol. The van der Waals surface area contributed by atoms with Gasteiger partial charge in [-0.05, 0) is 32.1 Å². The zero-order valence-corrected chi connectivity index (χ0v) is 11.7. The Morgan fingerprint density at radius 3 is 3.00 bits per heavy atom. The van der Waals surface area contributed by atoms with Gasteiger partial charge in [0.05, 0.1) is 0 Å². The van der Waals surface area contributed by atoms with Gasteiger partial charge in [0, 0.05) is 25.6 Å². The van der Waals surface area contributed by atoms with Crippen molar-refractivity contribution in [3.63, 3.8) is 0 Å². The lowest BCUT2D eigenvalue weighted by Crippen LogP contribution is -2.44. The number of hydrogen-bond donors (Lipinski definition) is 1. The molecule has 0 unspecified atom stereocenters. The van der Waals surface area contributed by atoms with Crippen molar-refractivity contribution in [3.05, 3.63) is 41.7 Å². The lowest BCUT2D eigenvalue weighted by atomic mass is 9.97. The lowest BCUT2D eigenvalue weighted by molar-refractivity contribution is -0.690. The maximum Gasteiger partial charge on any atom is 0.286 e. The van der Waals surface area contributed by atoms with Crippen molar-refractivity contribution in [1.82, 2.24) is 5.32 Å². The van der Waals surface area contributed by atoms with Gasteiger partial charge in [-0.2, -0.15) is 4.57 Å². The highest BCUT2D eigenvalue weighted by Crippen LogP contribution is 2.19. The van der Waals surface area contributed by atoms with E-state index in [1.54, 1.807) is 0 Å². The van der Waals surface area contributed by atoms with Gasteiger partial charge < -0.3 is 5.32 Å². The molecule has 0 saturated heterocycles. The lowest BCUT2D eigenvalue weighted by Gasteiger charge is -2.12. The number of nitrogens with one attached hydrogen (secondary N) is 1. The summed E-state index contributed by atoms with van der Waals surface area (Å²) in [6.45, 7) is 3.18. The van der Waals surface area contributed by atoms with E-state index in [9.17, 15) is 4.79 Å². The van der Waals surface area contributed by atoms with Gasteiger partial charge in [-0.1, -0.05) is 17.7 Å². The van der Waals surface area contributed by atoms with E-state index in [2.05, 4.69) is 11.4 Å². The van der Waals surface area contributed by atoms with Crippen LogP contribution in [0.4, 0.5) is 0 Å². The topological polar surface area (TPSA) is 33.0 Å². The van der Waals surface area contributed by atoms with E-state index in [4.69, 9.17) is 0 Å². The van der Waals surface area contributed by atoms with E-state index in [0.29, 0.717) is 6.54 Å². The average molecular weight is 259 g/mol. The summed E-state index contributed by atoms with van der Waals surface area (Å²) < 4.78 is 1.97. The molecule has 0 atom stereocenters. The summed E-state index contributed by atoms with van der Waals surface area (Å²) in [6.07, 6.45) is 10.3. The van der Waals surface area contributed by atoms with Crippen LogP contribution in [-0.2, 0) is 11.3 Å². The molecule has 0 aromatic carbocycles. The van der Waals surface area contributed by atoms with Gasteiger partial charge in [0.15, 0.2) is 11.9 Å². The van der Waals surface area contributed by atoms with Crippen LogP contribution >= 0.6 is 0 Å². The first-order valence-electron chi connectivity index (χ1n) is 7.15. The second-order valence-electron chi connectivity index (χ2n) is 5.18. The molecule has 1 aromatic rings. The van der Waals surface area contributed by atoms with Gasteiger partial charge in [-0.15, -0.1) is 0 Å². The minimum Gasteiger partial charge on any atom is -0.350 e. The molecule has 3 heteroatoms. The van der Waals surface area contributed by atoms with Crippen molar-refractivity contribution in [3.8, 4) is 0 Å². The van der Waals surface area contributed by atoms with Crippen LogP contribution in [0.2, 0.25) is 0 Å². The van der Waals surface area contributed by atoms with Crippen molar-refractivity contribution in [2.75, 3.05) is 6.54 Å². The molecule has 0 saturated carbocycles. The number of allylic oxidation sites excluding steroid dienone is 1. The number of aromatic nitrogens is 1. The molecule has 0 radical (unpaired) electrons. The van der Waals surface area contributed by atoms with Crippen molar-refractivity contribution in [2.45, 2.75) is 45.6 Å². The number of carbonyl (C=O) groups is 1. The molecule has 1 aliphatic rings. The van der Waals surface area contributed by atoms with Crippen molar-refractivity contribution >= 4 is 5.91 Å². The second-order valence-corrected chi connectivity index (χ2v) is 5.18. The van der Waals surface area contributed by atoms with Gasteiger partial charge in [-0.25, -0.2) is 0 Å². The fourth-order valence-electron chi connectivity index (χ4n) is 2.44. The Morgan fingerprint density at radius 1 is 1.37 bits per heavy atom. The fourth-order valence-corrected chi connectivity index (χ4v) is 2.44. The molecule has 1 heterocycles. The van der Waals surface area contributed by atoms with E-state index in [0.717, 1.165) is 18.7 Å². The Hall–Kier alpha value is -1.64. The highest BCUT2D eigenvalue weighted by Gasteiger charge is 2.11. The van der Waals surface area contributed by atoms with Gasteiger partial charge in [-0.3, -0.25) is 4.79 Å². The minimum atomic E-state index is 0.0932. The maximum atomic E-state index is 11.9. The third kappa shape index (κ3) is 4.51. The normalized spacial score (nSPS) is 14.9. The summed E-state index contributed by atoms with van der Waals surface area (Å²) in [5.74, 6) is 0.0932. The first-order valence-corrected chi connectivity index (χ1v) is 7.15. The molecular formula is C16H23N2O+. The number of carbonyl (C=O) groups excluding carboxylic acids is 1. The Balaban J connectivity index is 1.73. The molecule has 0 spiro atoms. The Morgan fingerprint density at radius 2 is 2.26 bits per heavy atom. The summed E-state index contributed by atoms with van der Waals surface area (Å²) in [4.78, 5) is 11.9. The molecule has 1 N–H and O–H groups in total. The maximum absolute atomic E-state index is 11.9. The van der Waals surface area contributed by atoms with E-state index in [-0.39, 0.29) is 5.91 Å². The summed E-state index contributed by atoms with van der Waals surface area (Å²) in [5, 5.41) is 3.01. The van der Waals surface area contributed by atoms with Crippen LogP contribution in [0.5, 0.6) is 0 Å². The third-order valence-corrected chi connectivity index (χ3v) is 3.63. The third-order valence-electron chi connectivity index (χ3n) is 3.63. The number of rotatable bonds is 5. The van der Waals surface area contributed by atoms with Crippen molar-refractivity contribution in [1.29, 1.82) is 0 Å². The molecule has 0 aliphatic heterocycles. The van der Waals surface area contributed by atoms with Crippen molar-refractivity contribution < 1.29 is 9.36 Å². The summed E-state index contributed by atoms with van der Waals surface area (Å²) in [7, 11) is 0. The van der Waals surface area contributed by atoms with E-state index >= 15 is 0 Å². The Bertz CT molecular complexity index is 466. The zero-order chi connectivity index (χ0) is 13.5. The zero-order valence-electron chi connectivity index (χ0n) is 11.7. The highest BCUT2D eigenvalue weighted by atomic mass is 16.1. The van der Waals surface area contributed by atoms with Crippen LogP contribution in [0.3, 0.4) is 0 Å². The standard InChI is InChI=1S/C16H22N2O/c1-14-7-5-6-12-18(14)13-16(19)17-11-10-15-8-3-2-4-9-15/h5-8,12H,2-4,9-11,13H2,1H3/p+1. The number of amides is 1. The van der Waals surface area contributed by atoms with Crippen LogP contribution in [0.15, 0.2) is 36.0 Å². The summed E-state index contributed by atoms with van der Waals surface area (Å²) in [6, 6.07) is 5.95. The van der Waals surface area contributed by atoms with Gasteiger partial charge in [0.2, 0.25) is 6.54 Å². The quantitative estimate of drug-likeness (QED) is 0.639. The van der Waals surface area contributed by atoms with Gasteiger partial charge >= 0.3 is 0 Å². The molecule has 0 bridgehead atoms. The van der Waals surface area contributed by atoms with E-state index < -0.39 is 0 Å². The molecule has 1 amide bonds. The Labute approximate surface area is 115 Å². The van der Waals surface area contributed by atoms with E-state index in [1.165, 1.54) is 31.3 Å². The first-order chi connectivity index (χ1) is 9.25. The van der Waals surface area contributed by atoms with E-state index in [1.807, 2.05) is 35.9 Å². The molecule has 3 nitrogen and oxygen atoms in total. The SMILES string of the molecule is Cc1cccc[n+]1CC(=O)NCCC1=CCCCC1. The summed E-state index contributed by atoms with van der Waals surface area (Å²) >= 11 is 0. The van der Waals surface area contributed by atoms with Gasteiger partial charge in [0.1, 0.15) is 0 Å². The predicted octanol–water partition coefficient (Wildman–Crippen LogP) is 2.29. The van der Waals surface area contributed by atoms with Crippen LogP contribution in [0.1, 0.15) is 37.8 Å². The van der Waals surface area contributed by atoms with Crippen LogP contribution in [-0.4, -0.2) is 12.5 Å². The van der Waals surface area contributed by atoms with Crippen LogP contribution in [0.25, 0.3) is 0 Å². The van der Waals surface area contributed by atoms with Crippen LogP contribution in [0, 0.1) is 6.92 Å². The highest BCUT2D eigenvalue weighted by molar-refractivity contribution is 5.74. The second kappa shape index (κ2) is 7.07. The predicted molar refractivity (Wildman–Crippen MR) is 75.6 cm³/mol. The van der Waals surface area contributed by atoms with Gasteiger partial charge in [0.25, 0.3) is 5.91 Å². The summed E-state index contributed by atoms with van der Waals surface area (Å²) in [5.41, 5.74) is 2.61. The largest absolute Gasteiger partial charge is 0.350 e. The average Bonchev–Trinajstić information content (AvgIpc) is 2.43. The molecule has 2 rings (SSSR count).